The number of hydrogen-bond donors (Lipinski definition) is 0. The van der Waals surface area contributed by atoms with E-state index in [1.54, 1.807) is 12.1 Å². The highest BCUT2D eigenvalue weighted by Crippen LogP contribution is 2.32. The maximum Gasteiger partial charge on any atom is 0.452 e. The first-order valence-electron chi connectivity index (χ1n) is 4.97. The molecular formula is C11H5BrF3N3. The van der Waals surface area contributed by atoms with Crippen LogP contribution in [0.3, 0.4) is 0 Å². The van der Waals surface area contributed by atoms with Crippen molar-refractivity contribution in [3.8, 4) is 0 Å². The Labute approximate surface area is 107 Å². The number of pyridine rings is 1. The summed E-state index contributed by atoms with van der Waals surface area (Å²) >= 11 is 3.32. The maximum absolute atomic E-state index is 12.7. The first kappa shape index (κ1) is 11.5. The third kappa shape index (κ3) is 1.58. The molecule has 1 aromatic carbocycles. The molecule has 3 nitrogen and oxygen atoms in total. The first-order chi connectivity index (χ1) is 8.48. The maximum atomic E-state index is 12.7. The Balaban J connectivity index is 2.47. The van der Waals surface area contributed by atoms with Gasteiger partial charge in [0.2, 0.25) is 5.82 Å². The van der Waals surface area contributed by atoms with Crippen LogP contribution < -0.4 is 0 Å². The molecule has 2 aromatic heterocycles. The van der Waals surface area contributed by atoms with E-state index in [1.165, 1.54) is 6.20 Å². The Morgan fingerprint density at radius 2 is 1.89 bits per heavy atom. The summed E-state index contributed by atoms with van der Waals surface area (Å²) in [5.74, 6) is -1.02. The van der Waals surface area contributed by atoms with Crippen LogP contribution >= 0.6 is 15.9 Å². The number of alkyl halides is 3. The molecule has 0 spiro atoms. The predicted octanol–water partition coefficient (Wildman–Crippen LogP) is 3.66. The highest BCUT2D eigenvalue weighted by molar-refractivity contribution is 9.10. The molecule has 2 heterocycles. The minimum absolute atomic E-state index is 0.187. The minimum Gasteiger partial charge on any atom is -0.278 e. The van der Waals surface area contributed by atoms with Gasteiger partial charge in [-0.05, 0) is 17.5 Å². The lowest BCUT2D eigenvalue weighted by Gasteiger charge is -2.05. The van der Waals surface area contributed by atoms with Crippen LogP contribution in [0.2, 0.25) is 0 Å². The lowest BCUT2D eigenvalue weighted by molar-refractivity contribution is -0.145. The van der Waals surface area contributed by atoms with Crippen LogP contribution in [-0.4, -0.2) is 14.6 Å². The van der Waals surface area contributed by atoms with E-state index < -0.39 is 12.0 Å². The van der Waals surface area contributed by atoms with Crippen LogP contribution in [0, 0.1) is 0 Å². The van der Waals surface area contributed by atoms with Gasteiger partial charge in [-0.15, -0.1) is 10.2 Å². The molecule has 0 aliphatic rings. The van der Waals surface area contributed by atoms with Crippen molar-refractivity contribution < 1.29 is 13.2 Å². The van der Waals surface area contributed by atoms with Crippen molar-refractivity contribution in [1.82, 2.24) is 14.6 Å². The summed E-state index contributed by atoms with van der Waals surface area (Å²) in [5, 5.41) is 8.28. The van der Waals surface area contributed by atoms with Crippen LogP contribution in [0.4, 0.5) is 13.2 Å². The zero-order valence-corrected chi connectivity index (χ0v) is 10.3. The van der Waals surface area contributed by atoms with Crippen molar-refractivity contribution >= 4 is 32.3 Å². The number of nitrogens with zero attached hydrogens (tertiary/aromatic N) is 3. The van der Waals surface area contributed by atoms with Crippen LogP contribution in [-0.2, 0) is 6.18 Å². The highest BCUT2D eigenvalue weighted by atomic mass is 79.9. The van der Waals surface area contributed by atoms with Crippen molar-refractivity contribution in [2.75, 3.05) is 0 Å². The number of benzene rings is 1. The average Bonchev–Trinajstić information content (AvgIpc) is 2.72. The summed E-state index contributed by atoms with van der Waals surface area (Å²) in [6, 6.07) is 6.97. The Hall–Kier alpha value is -1.63. The van der Waals surface area contributed by atoms with Crippen molar-refractivity contribution in [3.05, 3.63) is 40.8 Å². The molecule has 7 heteroatoms. The molecule has 0 atom stereocenters. The number of fused-ring (bicyclic) bond motifs is 3. The molecule has 0 aliphatic carbocycles. The van der Waals surface area contributed by atoms with E-state index >= 15 is 0 Å². The molecule has 0 amide bonds. The topological polar surface area (TPSA) is 30.2 Å². The van der Waals surface area contributed by atoms with E-state index in [0.717, 1.165) is 9.79 Å². The highest BCUT2D eigenvalue weighted by Gasteiger charge is 2.37. The zero-order valence-electron chi connectivity index (χ0n) is 8.74. The molecular weight excluding hydrogens is 311 g/mol. The van der Waals surface area contributed by atoms with E-state index in [4.69, 9.17) is 0 Å². The summed E-state index contributed by atoms with van der Waals surface area (Å²) < 4.78 is 39.8. The monoisotopic (exact) mass is 315 g/mol. The van der Waals surface area contributed by atoms with Crippen molar-refractivity contribution in [3.63, 3.8) is 0 Å². The van der Waals surface area contributed by atoms with Gasteiger partial charge in [0.1, 0.15) is 0 Å². The largest absolute Gasteiger partial charge is 0.452 e. The van der Waals surface area contributed by atoms with E-state index in [9.17, 15) is 13.2 Å². The van der Waals surface area contributed by atoms with Gasteiger partial charge in [-0.1, -0.05) is 28.1 Å². The Kier molecular flexibility index (Phi) is 2.34. The van der Waals surface area contributed by atoms with Crippen LogP contribution in [0.15, 0.2) is 34.9 Å². The second kappa shape index (κ2) is 3.68. The summed E-state index contributed by atoms with van der Waals surface area (Å²) in [6.07, 6.45) is -3.19. The van der Waals surface area contributed by atoms with Gasteiger partial charge in [0.15, 0.2) is 5.65 Å². The first-order valence-corrected chi connectivity index (χ1v) is 5.77. The molecule has 0 bridgehead atoms. The van der Waals surface area contributed by atoms with Gasteiger partial charge in [0, 0.05) is 16.1 Å². The SMILES string of the molecule is FC(F)(F)c1nnc2c3c(Br)cccc3ccn12. The summed E-state index contributed by atoms with van der Waals surface area (Å²) in [6.45, 7) is 0. The second-order valence-electron chi connectivity index (χ2n) is 3.73. The summed E-state index contributed by atoms with van der Waals surface area (Å²) in [4.78, 5) is 0. The Morgan fingerprint density at radius 3 is 2.61 bits per heavy atom. The van der Waals surface area contributed by atoms with E-state index in [1.807, 2.05) is 12.1 Å². The molecule has 0 unspecified atom stereocenters. The molecule has 3 rings (SSSR count). The molecule has 3 aromatic rings. The fourth-order valence-corrected chi connectivity index (χ4v) is 2.43. The Bertz CT molecular complexity index is 748. The molecule has 0 saturated heterocycles. The van der Waals surface area contributed by atoms with Crippen molar-refractivity contribution in [2.24, 2.45) is 0 Å². The number of aromatic nitrogens is 3. The number of hydrogen-bond acceptors (Lipinski definition) is 2. The van der Waals surface area contributed by atoms with Gasteiger partial charge in [-0.25, -0.2) is 0 Å². The van der Waals surface area contributed by atoms with Crippen molar-refractivity contribution in [1.29, 1.82) is 0 Å². The van der Waals surface area contributed by atoms with E-state index in [2.05, 4.69) is 26.1 Å². The molecule has 0 saturated carbocycles. The zero-order chi connectivity index (χ0) is 12.9. The van der Waals surface area contributed by atoms with E-state index in [0.29, 0.717) is 9.86 Å². The van der Waals surface area contributed by atoms with Crippen LogP contribution in [0.25, 0.3) is 16.4 Å². The quantitative estimate of drug-likeness (QED) is 0.633. The Morgan fingerprint density at radius 1 is 1.11 bits per heavy atom. The predicted molar refractivity (Wildman–Crippen MR) is 63.2 cm³/mol. The van der Waals surface area contributed by atoms with Gasteiger partial charge in [-0.3, -0.25) is 4.40 Å². The second-order valence-corrected chi connectivity index (χ2v) is 4.59. The fourth-order valence-electron chi connectivity index (χ4n) is 1.87. The summed E-state index contributed by atoms with van der Waals surface area (Å²) in [5.41, 5.74) is 0.187. The van der Waals surface area contributed by atoms with Crippen LogP contribution in [0.5, 0.6) is 0 Å². The van der Waals surface area contributed by atoms with Crippen molar-refractivity contribution in [2.45, 2.75) is 6.18 Å². The third-order valence-electron chi connectivity index (χ3n) is 2.62. The molecule has 92 valence electrons. The molecule has 0 aliphatic heterocycles. The standard InChI is InChI=1S/C11H5BrF3N3/c12-7-3-1-2-6-4-5-18-9(8(6)7)16-17-10(18)11(13,14)15/h1-5H. The lowest BCUT2D eigenvalue weighted by Crippen LogP contribution is -2.10. The third-order valence-corrected chi connectivity index (χ3v) is 3.28. The molecule has 18 heavy (non-hydrogen) atoms. The fraction of sp³-hybridized carbons (Fsp3) is 0.0909. The molecule has 0 fully saturated rings. The van der Waals surface area contributed by atoms with Crippen LogP contribution in [0.1, 0.15) is 5.82 Å². The van der Waals surface area contributed by atoms with Gasteiger partial charge in [0.05, 0.1) is 0 Å². The average molecular weight is 316 g/mol. The minimum atomic E-state index is -4.52. The van der Waals surface area contributed by atoms with Gasteiger partial charge in [-0.2, -0.15) is 13.2 Å². The smallest absolute Gasteiger partial charge is 0.278 e. The number of halogens is 4. The van der Waals surface area contributed by atoms with Gasteiger partial charge in [0.25, 0.3) is 0 Å². The summed E-state index contributed by atoms with van der Waals surface area (Å²) in [7, 11) is 0. The lowest BCUT2D eigenvalue weighted by atomic mass is 10.2. The molecule has 0 N–H and O–H groups in total. The van der Waals surface area contributed by atoms with Gasteiger partial charge >= 0.3 is 6.18 Å². The molecule has 0 radical (unpaired) electrons. The van der Waals surface area contributed by atoms with Gasteiger partial charge < -0.3 is 0 Å². The number of rotatable bonds is 0. The normalized spacial score (nSPS) is 12.4. The van der Waals surface area contributed by atoms with E-state index in [-0.39, 0.29) is 5.65 Å².